The number of nitrogens with zero attached hydrogens (tertiary/aromatic N) is 1. The molecule has 0 atom stereocenters. The van der Waals surface area contributed by atoms with Crippen molar-refractivity contribution in [2.75, 3.05) is 4.90 Å². The highest BCUT2D eigenvalue weighted by molar-refractivity contribution is 6.34. The summed E-state index contributed by atoms with van der Waals surface area (Å²) in [6, 6.07) is 10.9. The van der Waals surface area contributed by atoms with Crippen molar-refractivity contribution < 1.29 is 9.59 Å². The molecule has 1 aliphatic rings. The highest BCUT2D eigenvalue weighted by atomic mass is 16.2. The minimum Gasteiger partial charge on any atom is -0.308 e. The molecule has 2 amide bonds. The van der Waals surface area contributed by atoms with Crippen molar-refractivity contribution in [2.24, 2.45) is 0 Å². The van der Waals surface area contributed by atoms with Crippen molar-refractivity contribution in [1.82, 2.24) is 4.98 Å². The Kier molecular flexibility index (Phi) is 2.13. The molecule has 88 valence electrons. The molecule has 0 unspecified atom stereocenters. The van der Waals surface area contributed by atoms with Gasteiger partial charge in [-0.2, -0.15) is 0 Å². The van der Waals surface area contributed by atoms with Crippen LogP contribution in [0.1, 0.15) is 20.7 Å². The van der Waals surface area contributed by atoms with Crippen molar-refractivity contribution in [2.45, 2.75) is 0 Å². The van der Waals surface area contributed by atoms with E-state index in [1.807, 2.05) is 0 Å². The van der Waals surface area contributed by atoms with Gasteiger partial charge in [0.05, 0.1) is 11.1 Å². The molecule has 5 heteroatoms. The fraction of sp³-hybridized carbons (Fsp3) is 0. The van der Waals surface area contributed by atoms with Crippen LogP contribution in [0.3, 0.4) is 0 Å². The lowest BCUT2D eigenvalue weighted by atomic mass is 10.1. The van der Waals surface area contributed by atoms with Crippen molar-refractivity contribution >= 4 is 17.6 Å². The van der Waals surface area contributed by atoms with Crippen LogP contribution in [0.4, 0.5) is 5.82 Å². The Morgan fingerprint density at radius 2 is 1.39 bits per heavy atom. The molecule has 3 rings (SSSR count). The molecule has 0 radical (unpaired) electrons. The minimum absolute atomic E-state index is 0.189. The molecule has 0 saturated carbocycles. The van der Waals surface area contributed by atoms with E-state index in [0.29, 0.717) is 11.1 Å². The van der Waals surface area contributed by atoms with Crippen LogP contribution in [0.5, 0.6) is 0 Å². The molecule has 1 aromatic carbocycles. The van der Waals surface area contributed by atoms with Gasteiger partial charge in [0.2, 0.25) is 5.56 Å². The predicted octanol–water partition coefficient (Wildman–Crippen LogP) is 1.18. The van der Waals surface area contributed by atoms with Gasteiger partial charge in [0.1, 0.15) is 5.82 Å². The number of nitrogens with one attached hydrogen (secondary N) is 1. The van der Waals surface area contributed by atoms with Crippen molar-refractivity contribution in [3.05, 3.63) is 63.9 Å². The highest BCUT2D eigenvalue weighted by Crippen LogP contribution is 2.25. The molecule has 0 spiro atoms. The number of hydrogen-bond acceptors (Lipinski definition) is 3. The van der Waals surface area contributed by atoms with Gasteiger partial charge in [-0.15, -0.1) is 0 Å². The number of fused-ring (bicyclic) bond motifs is 1. The maximum atomic E-state index is 12.1. The molecule has 0 bridgehead atoms. The zero-order chi connectivity index (χ0) is 12.7. The summed E-state index contributed by atoms with van der Waals surface area (Å²) < 4.78 is 0. The lowest BCUT2D eigenvalue weighted by Crippen LogP contribution is -2.31. The molecule has 2 heterocycles. The molecule has 1 aromatic heterocycles. The summed E-state index contributed by atoms with van der Waals surface area (Å²) in [5.74, 6) is -0.649. The van der Waals surface area contributed by atoms with Gasteiger partial charge in [-0.3, -0.25) is 14.4 Å². The number of anilines is 1. The van der Waals surface area contributed by atoms with E-state index in [1.165, 1.54) is 18.2 Å². The average molecular weight is 240 g/mol. The second kappa shape index (κ2) is 3.66. The topological polar surface area (TPSA) is 70.2 Å². The zero-order valence-corrected chi connectivity index (χ0v) is 9.21. The summed E-state index contributed by atoms with van der Waals surface area (Å²) in [4.78, 5) is 38.9. The van der Waals surface area contributed by atoms with Gasteiger partial charge in [0.15, 0.2) is 0 Å². The number of H-pyrrole nitrogens is 1. The van der Waals surface area contributed by atoms with Crippen LogP contribution < -0.4 is 10.5 Å². The van der Waals surface area contributed by atoms with Gasteiger partial charge in [0, 0.05) is 6.07 Å². The third-order valence-electron chi connectivity index (χ3n) is 2.79. The van der Waals surface area contributed by atoms with E-state index >= 15 is 0 Å². The van der Waals surface area contributed by atoms with E-state index in [4.69, 9.17) is 0 Å². The van der Waals surface area contributed by atoms with Crippen LogP contribution in [-0.2, 0) is 0 Å². The first-order valence-electron chi connectivity index (χ1n) is 5.35. The molecule has 2 aromatic rings. The lowest BCUT2D eigenvalue weighted by molar-refractivity contribution is 0.0925. The standard InChI is InChI=1S/C13H8N2O3/c16-11-7-3-6-10(14-11)15-12(17)8-4-1-2-5-9(8)13(15)18/h1-7H,(H,14,16). The zero-order valence-electron chi connectivity index (χ0n) is 9.21. The summed E-state index contributed by atoms with van der Waals surface area (Å²) in [6.07, 6.45) is 0. The fourth-order valence-electron chi connectivity index (χ4n) is 1.97. The van der Waals surface area contributed by atoms with Gasteiger partial charge >= 0.3 is 0 Å². The van der Waals surface area contributed by atoms with E-state index in [0.717, 1.165) is 4.90 Å². The normalized spacial score (nSPS) is 13.9. The van der Waals surface area contributed by atoms with Gasteiger partial charge in [0.25, 0.3) is 11.8 Å². The molecule has 5 nitrogen and oxygen atoms in total. The third kappa shape index (κ3) is 1.37. The number of aromatic nitrogens is 1. The van der Waals surface area contributed by atoms with E-state index in [9.17, 15) is 14.4 Å². The second-order valence-electron chi connectivity index (χ2n) is 3.89. The third-order valence-corrected chi connectivity index (χ3v) is 2.79. The van der Waals surface area contributed by atoms with Crippen LogP contribution >= 0.6 is 0 Å². The monoisotopic (exact) mass is 240 g/mol. The van der Waals surface area contributed by atoms with Crippen molar-refractivity contribution in [3.63, 3.8) is 0 Å². The number of benzene rings is 1. The predicted molar refractivity (Wildman–Crippen MR) is 64.6 cm³/mol. The van der Waals surface area contributed by atoms with Crippen molar-refractivity contribution in [3.8, 4) is 0 Å². The molecule has 0 fully saturated rings. The van der Waals surface area contributed by atoms with Gasteiger partial charge in [-0.25, -0.2) is 4.90 Å². The SMILES string of the molecule is O=C1c2ccccc2C(=O)N1c1cccc(=O)[nH]1. The molecular formula is C13H8N2O3. The number of aromatic amines is 1. The molecule has 1 aliphatic heterocycles. The van der Waals surface area contributed by atoms with Crippen LogP contribution in [-0.4, -0.2) is 16.8 Å². The number of hydrogen-bond donors (Lipinski definition) is 1. The van der Waals surface area contributed by atoms with E-state index in [1.54, 1.807) is 24.3 Å². The number of imide groups is 1. The van der Waals surface area contributed by atoms with Gasteiger partial charge < -0.3 is 4.98 Å². The Morgan fingerprint density at radius 1 is 0.778 bits per heavy atom. The van der Waals surface area contributed by atoms with Gasteiger partial charge in [-0.1, -0.05) is 18.2 Å². The largest absolute Gasteiger partial charge is 0.308 e. The summed E-state index contributed by atoms with van der Waals surface area (Å²) in [5.41, 5.74) is 0.350. The maximum absolute atomic E-state index is 12.1. The molecule has 1 N–H and O–H groups in total. The number of carbonyl (C=O) groups is 2. The Hall–Kier alpha value is -2.69. The summed E-state index contributed by atoms with van der Waals surface area (Å²) in [5, 5.41) is 0. The highest BCUT2D eigenvalue weighted by Gasteiger charge is 2.36. The molecular weight excluding hydrogens is 232 g/mol. The Balaban J connectivity index is 2.15. The van der Waals surface area contributed by atoms with E-state index in [2.05, 4.69) is 4.98 Å². The van der Waals surface area contributed by atoms with E-state index < -0.39 is 11.8 Å². The Labute approximate surface area is 102 Å². The van der Waals surface area contributed by atoms with Crippen LogP contribution in [0.15, 0.2) is 47.3 Å². The lowest BCUT2D eigenvalue weighted by Gasteiger charge is -2.12. The quantitative estimate of drug-likeness (QED) is 0.761. The van der Waals surface area contributed by atoms with Gasteiger partial charge in [-0.05, 0) is 18.2 Å². The fourth-order valence-corrected chi connectivity index (χ4v) is 1.97. The smallest absolute Gasteiger partial charge is 0.267 e. The van der Waals surface area contributed by atoms with Crippen LogP contribution in [0, 0.1) is 0 Å². The Morgan fingerprint density at radius 3 is 1.94 bits per heavy atom. The minimum atomic E-state index is -0.419. The number of amides is 2. The van der Waals surface area contributed by atoms with Crippen LogP contribution in [0.25, 0.3) is 0 Å². The number of rotatable bonds is 1. The first kappa shape index (κ1) is 10.5. The Bertz CT molecular complexity index is 683. The first-order chi connectivity index (χ1) is 8.68. The molecule has 18 heavy (non-hydrogen) atoms. The first-order valence-corrected chi connectivity index (χ1v) is 5.35. The summed E-state index contributed by atoms with van der Waals surface area (Å²) in [7, 11) is 0. The number of pyridine rings is 1. The molecule has 0 saturated heterocycles. The van der Waals surface area contributed by atoms with Crippen LogP contribution in [0.2, 0.25) is 0 Å². The summed E-state index contributed by atoms with van der Waals surface area (Å²) in [6.45, 7) is 0. The second-order valence-corrected chi connectivity index (χ2v) is 3.89. The summed E-state index contributed by atoms with van der Waals surface area (Å²) >= 11 is 0. The number of carbonyl (C=O) groups excluding carboxylic acids is 2. The molecule has 0 aliphatic carbocycles. The van der Waals surface area contributed by atoms with E-state index in [-0.39, 0.29) is 11.4 Å². The average Bonchev–Trinajstić information content (AvgIpc) is 2.63. The van der Waals surface area contributed by atoms with Crippen molar-refractivity contribution in [1.29, 1.82) is 0 Å². The maximum Gasteiger partial charge on any atom is 0.267 e.